The molecule has 2 aromatic rings. The topological polar surface area (TPSA) is 84.9 Å². The van der Waals surface area contributed by atoms with E-state index in [4.69, 9.17) is 21.1 Å². The molecular weight excluding hydrogens is 416 g/mol. The summed E-state index contributed by atoms with van der Waals surface area (Å²) in [7, 11) is -3.50. The Kier molecular flexibility index (Phi) is 6.54. The summed E-state index contributed by atoms with van der Waals surface area (Å²) in [5.41, 5.74) is 2.11. The molecular formula is C20H23ClN2O5S. The number of nitrogens with one attached hydrogen (secondary N) is 1. The standard InChI is InChI=1S/C20H23ClN2O5S/c1-14-16(21)5-3-6-17(14)23(29(2,25)26)10-4-7-20(24)22-12-15-8-9-18-19(11-15)28-13-27-18/h3,5-6,8-9,11H,4,7,10,12-13H2,1-2H3,(H,22,24). The third kappa shape index (κ3) is 5.33. The Morgan fingerprint density at radius 1 is 1.21 bits per heavy atom. The highest BCUT2D eigenvalue weighted by atomic mass is 35.5. The predicted octanol–water partition coefficient (Wildman–Crippen LogP) is 3.24. The van der Waals surface area contributed by atoms with Crippen molar-refractivity contribution in [2.75, 3.05) is 23.9 Å². The Morgan fingerprint density at radius 2 is 1.97 bits per heavy atom. The maximum absolute atomic E-state index is 12.2. The zero-order valence-corrected chi connectivity index (χ0v) is 17.8. The number of amides is 1. The molecule has 1 heterocycles. The fourth-order valence-electron chi connectivity index (χ4n) is 3.05. The highest BCUT2D eigenvalue weighted by molar-refractivity contribution is 7.92. The summed E-state index contributed by atoms with van der Waals surface area (Å²) in [6.45, 7) is 2.53. The highest BCUT2D eigenvalue weighted by Gasteiger charge is 2.20. The number of benzene rings is 2. The number of anilines is 1. The van der Waals surface area contributed by atoms with Crippen molar-refractivity contribution < 1.29 is 22.7 Å². The number of hydrogen-bond acceptors (Lipinski definition) is 5. The number of halogens is 1. The maximum Gasteiger partial charge on any atom is 0.232 e. The number of fused-ring (bicyclic) bond motifs is 1. The molecule has 0 saturated heterocycles. The van der Waals surface area contributed by atoms with E-state index in [0.717, 1.165) is 11.8 Å². The van der Waals surface area contributed by atoms with Gasteiger partial charge in [0.25, 0.3) is 0 Å². The van der Waals surface area contributed by atoms with Gasteiger partial charge in [-0.1, -0.05) is 23.7 Å². The van der Waals surface area contributed by atoms with Gasteiger partial charge in [0.15, 0.2) is 11.5 Å². The summed E-state index contributed by atoms with van der Waals surface area (Å²) in [4.78, 5) is 12.2. The largest absolute Gasteiger partial charge is 0.454 e. The minimum atomic E-state index is -3.50. The average Bonchev–Trinajstić information content (AvgIpc) is 3.13. The van der Waals surface area contributed by atoms with E-state index in [-0.39, 0.29) is 25.7 Å². The van der Waals surface area contributed by atoms with Crippen LogP contribution in [0.3, 0.4) is 0 Å². The van der Waals surface area contributed by atoms with Crippen LogP contribution in [0.1, 0.15) is 24.0 Å². The Bertz CT molecular complexity index is 1010. The molecule has 7 nitrogen and oxygen atoms in total. The van der Waals surface area contributed by atoms with Gasteiger partial charge in [0.1, 0.15) is 0 Å². The van der Waals surface area contributed by atoms with Gasteiger partial charge in [0.2, 0.25) is 22.7 Å². The van der Waals surface area contributed by atoms with Gasteiger partial charge in [0, 0.05) is 24.5 Å². The molecule has 1 amide bonds. The maximum atomic E-state index is 12.2. The number of sulfonamides is 1. The minimum Gasteiger partial charge on any atom is -0.454 e. The molecule has 0 saturated carbocycles. The van der Waals surface area contributed by atoms with E-state index in [2.05, 4.69) is 5.32 Å². The third-order valence-electron chi connectivity index (χ3n) is 4.60. The van der Waals surface area contributed by atoms with Crippen LogP contribution in [-0.4, -0.2) is 33.9 Å². The molecule has 0 bridgehead atoms. The van der Waals surface area contributed by atoms with Crippen LogP contribution >= 0.6 is 11.6 Å². The molecule has 0 radical (unpaired) electrons. The molecule has 156 valence electrons. The van der Waals surface area contributed by atoms with E-state index in [9.17, 15) is 13.2 Å². The quantitative estimate of drug-likeness (QED) is 0.683. The van der Waals surface area contributed by atoms with Crippen molar-refractivity contribution in [3.63, 3.8) is 0 Å². The van der Waals surface area contributed by atoms with E-state index in [0.29, 0.717) is 40.7 Å². The zero-order chi connectivity index (χ0) is 21.0. The Morgan fingerprint density at radius 3 is 2.72 bits per heavy atom. The van der Waals surface area contributed by atoms with Gasteiger partial charge in [-0.05, 0) is 48.7 Å². The first kappa shape index (κ1) is 21.3. The molecule has 0 fully saturated rings. The van der Waals surface area contributed by atoms with Crippen LogP contribution in [0.15, 0.2) is 36.4 Å². The van der Waals surface area contributed by atoms with E-state index >= 15 is 0 Å². The van der Waals surface area contributed by atoms with Crippen molar-refractivity contribution in [1.82, 2.24) is 5.32 Å². The van der Waals surface area contributed by atoms with Crippen molar-refractivity contribution in [2.24, 2.45) is 0 Å². The van der Waals surface area contributed by atoms with Crippen LogP contribution in [0.4, 0.5) is 5.69 Å². The lowest BCUT2D eigenvalue weighted by molar-refractivity contribution is -0.121. The number of carbonyl (C=O) groups excluding carboxylic acids is 1. The van der Waals surface area contributed by atoms with Gasteiger partial charge < -0.3 is 14.8 Å². The van der Waals surface area contributed by atoms with Crippen molar-refractivity contribution in [3.05, 3.63) is 52.5 Å². The van der Waals surface area contributed by atoms with Gasteiger partial charge >= 0.3 is 0 Å². The Labute approximate surface area is 175 Å². The number of rotatable bonds is 8. The lowest BCUT2D eigenvalue weighted by atomic mass is 10.2. The number of ether oxygens (including phenoxy) is 2. The Hall–Kier alpha value is -2.45. The molecule has 9 heteroatoms. The molecule has 0 spiro atoms. The van der Waals surface area contributed by atoms with Crippen molar-refractivity contribution in [1.29, 1.82) is 0 Å². The van der Waals surface area contributed by atoms with Crippen molar-refractivity contribution in [3.8, 4) is 11.5 Å². The fourth-order valence-corrected chi connectivity index (χ4v) is 4.24. The van der Waals surface area contributed by atoms with Crippen LogP contribution in [-0.2, 0) is 21.4 Å². The molecule has 1 aliphatic rings. The molecule has 0 aromatic heterocycles. The van der Waals surface area contributed by atoms with E-state index in [1.54, 1.807) is 31.2 Å². The first-order valence-corrected chi connectivity index (χ1v) is 11.4. The molecule has 1 aliphatic heterocycles. The minimum absolute atomic E-state index is 0.154. The van der Waals surface area contributed by atoms with Gasteiger partial charge in [-0.3, -0.25) is 9.10 Å². The monoisotopic (exact) mass is 438 g/mol. The third-order valence-corrected chi connectivity index (χ3v) is 6.19. The normalized spacial score (nSPS) is 12.7. The second-order valence-corrected chi connectivity index (χ2v) is 9.10. The van der Waals surface area contributed by atoms with Gasteiger partial charge in [-0.25, -0.2) is 8.42 Å². The molecule has 29 heavy (non-hydrogen) atoms. The lowest BCUT2D eigenvalue weighted by Gasteiger charge is -2.24. The molecule has 0 unspecified atom stereocenters. The second kappa shape index (κ2) is 8.92. The van der Waals surface area contributed by atoms with E-state index in [1.165, 1.54) is 4.31 Å². The van der Waals surface area contributed by atoms with Crippen LogP contribution in [0.25, 0.3) is 0 Å². The second-order valence-electron chi connectivity index (χ2n) is 6.79. The van der Waals surface area contributed by atoms with Gasteiger partial charge in [-0.2, -0.15) is 0 Å². The number of hydrogen-bond donors (Lipinski definition) is 1. The highest BCUT2D eigenvalue weighted by Crippen LogP contribution is 2.32. The lowest BCUT2D eigenvalue weighted by Crippen LogP contribution is -2.32. The summed E-state index contributed by atoms with van der Waals surface area (Å²) >= 11 is 6.12. The predicted molar refractivity (Wildman–Crippen MR) is 112 cm³/mol. The summed E-state index contributed by atoms with van der Waals surface area (Å²) in [5, 5.41) is 3.34. The van der Waals surface area contributed by atoms with Crippen LogP contribution in [0, 0.1) is 6.92 Å². The summed E-state index contributed by atoms with van der Waals surface area (Å²) in [6.07, 6.45) is 1.73. The first-order chi connectivity index (χ1) is 13.8. The Balaban J connectivity index is 1.54. The van der Waals surface area contributed by atoms with Gasteiger partial charge in [0.05, 0.1) is 11.9 Å². The average molecular weight is 439 g/mol. The van der Waals surface area contributed by atoms with Gasteiger partial charge in [-0.15, -0.1) is 0 Å². The number of carbonyl (C=O) groups is 1. The van der Waals surface area contributed by atoms with Crippen molar-refractivity contribution in [2.45, 2.75) is 26.3 Å². The first-order valence-electron chi connectivity index (χ1n) is 9.14. The molecule has 0 aliphatic carbocycles. The smallest absolute Gasteiger partial charge is 0.232 e. The van der Waals surface area contributed by atoms with Crippen LogP contribution in [0.2, 0.25) is 5.02 Å². The summed E-state index contributed by atoms with van der Waals surface area (Å²) in [6, 6.07) is 10.6. The summed E-state index contributed by atoms with van der Waals surface area (Å²) in [5.74, 6) is 1.20. The van der Waals surface area contributed by atoms with Crippen molar-refractivity contribution >= 4 is 33.2 Å². The molecule has 2 aromatic carbocycles. The van der Waals surface area contributed by atoms with E-state index in [1.807, 2.05) is 12.1 Å². The molecule has 1 N–H and O–H groups in total. The zero-order valence-electron chi connectivity index (χ0n) is 16.3. The summed E-state index contributed by atoms with van der Waals surface area (Å²) < 4.78 is 36.3. The van der Waals surface area contributed by atoms with Crippen LogP contribution < -0.4 is 19.1 Å². The molecule has 0 atom stereocenters. The SMILES string of the molecule is Cc1c(Cl)cccc1N(CCCC(=O)NCc1ccc2c(c1)OCO2)S(C)(=O)=O. The van der Waals surface area contributed by atoms with E-state index < -0.39 is 10.0 Å². The number of nitrogens with zero attached hydrogens (tertiary/aromatic N) is 1. The van der Waals surface area contributed by atoms with Crippen LogP contribution in [0.5, 0.6) is 11.5 Å². The fraction of sp³-hybridized carbons (Fsp3) is 0.350. The molecule has 3 rings (SSSR count).